The Morgan fingerprint density at radius 1 is 1.57 bits per heavy atom. The summed E-state index contributed by atoms with van der Waals surface area (Å²) in [4.78, 5) is 11.1. The number of esters is 1. The topological polar surface area (TPSA) is 38.3 Å². The lowest BCUT2D eigenvalue weighted by atomic mass is 10.3. The van der Waals surface area contributed by atoms with Crippen LogP contribution in [0.15, 0.2) is 0 Å². The van der Waals surface area contributed by atoms with E-state index in [0.717, 1.165) is 25.3 Å². The fourth-order valence-corrected chi connectivity index (χ4v) is 2.51. The lowest BCUT2D eigenvalue weighted by molar-refractivity contribution is -0.137. The molecular formula is C10H19NO2S. The van der Waals surface area contributed by atoms with Crippen molar-refractivity contribution < 1.29 is 9.53 Å². The summed E-state index contributed by atoms with van der Waals surface area (Å²) in [6.07, 6.45) is 3.28. The fraction of sp³-hybridized carbons (Fsp3) is 0.900. The summed E-state index contributed by atoms with van der Waals surface area (Å²) in [5, 5.41) is 3.40. The van der Waals surface area contributed by atoms with Gasteiger partial charge in [-0.3, -0.25) is 4.79 Å². The molecule has 82 valence electrons. The molecule has 1 aliphatic rings. The molecule has 1 unspecified atom stereocenters. The molecule has 1 heterocycles. The first-order valence-corrected chi connectivity index (χ1v) is 6.38. The molecule has 1 atom stereocenters. The number of carbonyl (C=O) groups is 1. The predicted molar refractivity (Wildman–Crippen MR) is 59.6 cm³/mol. The smallest absolute Gasteiger partial charge is 0.319 e. The molecular weight excluding hydrogens is 198 g/mol. The molecule has 14 heavy (non-hydrogen) atoms. The normalized spacial score (nSPS) is 21.2. The Morgan fingerprint density at radius 3 is 3.07 bits per heavy atom. The van der Waals surface area contributed by atoms with Crippen LogP contribution in [0.4, 0.5) is 0 Å². The maximum absolute atomic E-state index is 11.1. The molecule has 1 N–H and O–H groups in total. The molecule has 0 saturated carbocycles. The molecule has 1 rings (SSSR count). The van der Waals surface area contributed by atoms with Crippen LogP contribution in [0.25, 0.3) is 0 Å². The first-order valence-electron chi connectivity index (χ1n) is 5.33. The lowest BCUT2D eigenvalue weighted by Crippen LogP contribution is -2.14. The molecule has 0 aliphatic carbocycles. The van der Waals surface area contributed by atoms with Gasteiger partial charge in [-0.15, -0.1) is 11.8 Å². The van der Waals surface area contributed by atoms with Crippen LogP contribution < -0.4 is 5.32 Å². The van der Waals surface area contributed by atoms with E-state index in [-0.39, 0.29) is 11.2 Å². The van der Waals surface area contributed by atoms with Crippen LogP contribution in [0.3, 0.4) is 0 Å². The highest BCUT2D eigenvalue weighted by molar-refractivity contribution is 8.00. The quantitative estimate of drug-likeness (QED) is 0.517. The maximum atomic E-state index is 11.1. The number of unbranched alkanes of at least 4 members (excludes halogenated alkanes) is 1. The van der Waals surface area contributed by atoms with Crippen molar-refractivity contribution in [3.63, 3.8) is 0 Å². The minimum atomic E-state index is -0.0123. The van der Waals surface area contributed by atoms with Crippen LogP contribution in [0, 0.1) is 0 Å². The zero-order valence-corrected chi connectivity index (χ0v) is 9.57. The Hall–Kier alpha value is -0.220. The lowest BCUT2D eigenvalue weighted by Gasteiger charge is -2.05. The van der Waals surface area contributed by atoms with Crippen molar-refractivity contribution in [3.8, 4) is 0 Å². The van der Waals surface area contributed by atoms with Gasteiger partial charge in [0.15, 0.2) is 0 Å². The van der Waals surface area contributed by atoms with Gasteiger partial charge in [0.1, 0.15) is 5.25 Å². The second-order valence-corrected chi connectivity index (χ2v) is 4.69. The molecule has 0 bridgehead atoms. The number of hydrogen-bond donors (Lipinski definition) is 1. The van der Waals surface area contributed by atoms with Crippen molar-refractivity contribution in [2.24, 2.45) is 0 Å². The van der Waals surface area contributed by atoms with E-state index in [1.54, 1.807) is 11.8 Å². The molecule has 0 aromatic rings. The molecule has 0 spiro atoms. The summed E-state index contributed by atoms with van der Waals surface area (Å²) < 4.78 is 4.89. The Labute approximate surface area is 90.0 Å². The van der Waals surface area contributed by atoms with Gasteiger partial charge >= 0.3 is 5.97 Å². The number of rotatable bonds is 7. The van der Waals surface area contributed by atoms with E-state index in [0.29, 0.717) is 6.61 Å². The molecule has 0 radical (unpaired) electrons. The minimum Gasteiger partial charge on any atom is -0.465 e. The number of carbonyl (C=O) groups excluding carboxylic acids is 1. The zero-order valence-electron chi connectivity index (χ0n) is 8.75. The van der Waals surface area contributed by atoms with Crippen LogP contribution >= 0.6 is 11.8 Å². The molecule has 1 fully saturated rings. The van der Waals surface area contributed by atoms with E-state index >= 15 is 0 Å². The van der Waals surface area contributed by atoms with Gasteiger partial charge < -0.3 is 10.1 Å². The van der Waals surface area contributed by atoms with E-state index in [9.17, 15) is 4.79 Å². The Morgan fingerprint density at radius 2 is 2.43 bits per heavy atom. The van der Waals surface area contributed by atoms with Crippen molar-refractivity contribution in [1.29, 1.82) is 0 Å². The zero-order chi connectivity index (χ0) is 10.2. The number of ether oxygens (including phenoxy) is 1. The average molecular weight is 217 g/mol. The highest BCUT2D eigenvalue weighted by Gasteiger charge is 2.26. The summed E-state index contributed by atoms with van der Waals surface area (Å²) in [6.45, 7) is 4.87. The van der Waals surface area contributed by atoms with E-state index < -0.39 is 0 Å². The third-order valence-corrected chi connectivity index (χ3v) is 3.56. The second-order valence-electron chi connectivity index (χ2n) is 3.38. The van der Waals surface area contributed by atoms with Gasteiger partial charge in [0.2, 0.25) is 0 Å². The van der Waals surface area contributed by atoms with E-state index in [1.807, 2.05) is 0 Å². The molecule has 1 aliphatic heterocycles. The van der Waals surface area contributed by atoms with Gasteiger partial charge in [-0.2, -0.15) is 0 Å². The molecule has 0 aromatic heterocycles. The summed E-state index contributed by atoms with van der Waals surface area (Å²) >= 11 is 1.75. The highest BCUT2D eigenvalue weighted by Crippen LogP contribution is 2.22. The van der Waals surface area contributed by atoms with Crippen molar-refractivity contribution >= 4 is 17.7 Å². The van der Waals surface area contributed by atoms with Crippen molar-refractivity contribution in [3.05, 3.63) is 0 Å². The number of thioether (sulfide) groups is 1. The predicted octanol–water partition coefficient (Wildman–Crippen LogP) is 1.42. The largest absolute Gasteiger partial charge is 0.465 e. The molecule has 0 aromatic carbocycles. The minimum absolute atomic E-state index is 0.0123. The number of nitrogens with one attached hydrogen (secondary N) is 1. The van der Waals surface area contributed by atoms with E-state index in [4.69, 9.17) is 4.74 Å². The summed E-state index contributed by atoms with van der Waals surface area (Å²) in [5.74, 6) is 1.06. The second kappa shape index (κ2) is 7.12. The summed E-state index contributed by atoms with van der Waals surface area (Å²) in [5.41, 5.74) is 0. The van der Waals surface area contributed by atoms with Gasteiger partial charge in [-0.25, -0.2) is 0 Å². The van der Waals surface area contributed by atoms with Gasteiger partial charge in [0, 0.05) is 6.42 Å². The molecule has 4 heteroatoms. The first kappa shape index (κ1) is 11.9. The molecule has 3 nitrogen and oxygen atoms in total. The van der Waals surface area contributed by atoms with Crippen LogP contribution in [-0.4, -0.2) is 36.7 Å². The Kier molecular flexibility index (Phi) is 6.03. The summed E-state index contributed by atoms with van der Waals surface area (Å²) in [6, 6.07) is 0. The van der Waals surface area contributed by atoms with Crippen molar-refractivity contribution in [1.82, 2.24) is 5.32 Å². The monoisotopic (exact) mass is 217 g/mol. The third kappa shape index (κ3) is 4.33. The highest BCUT2D eigenvalue weighted by atomic mass is 32.2. The van der Waals surface area contributed by atoms with Gasteiger partial charge in [-0.05, 0) is 31.7 Å². The number of cyclic esters (lactones) is 1. The Balaban J connectivity index is 1.90. The maximum Gasteiger partial charge on any atom is 0.319 e. The third-order valence-electron chi connectivity index (χ3n) is 2.20. The SMILES string of the molecule is CCNCCCCSC1CCOC1=O. The van der Waals surface area contributed by atoms with Crippen LogP contribution in [-0.2, 0) is 9.53 Å². The van der Waals surface area contributed by atoms with Gasteiger partial charge in [0.25, 0.3) is 0 Å². The number of hydrogen-bond acceptors (Lipinski definition) is 4. The van der Waals surface area contributed by atoms with Crippen molar-refractivity contribution in [2.45, 2.75) is 31.4 Å². The average Bonchev–Trinajstić information content (AvgIpc) is 2.58. The van der Waals surface area contributed by atoms with E-state index in [2.05, 4.69) is 12.2 Å². The Bertz CT molecular complexity index is 176. The van der Waals surface area contributed by atoms with Crippen LogP contribution in [0.2, 0.25) is 0 Å². The van der Waals surface area contributed by atoms with E-state index in [1.165, 1.54) is 12.8 Å². The van der Waals surface area contributed by atoms with Gasteiger partial charge in [-0.1, -0.05) is 6.92 Å². The van der Waals surface area contributed by atoms with Crippen LogP contribution in [0.5, 0.6) is 0 Å². The van der Waals surface area contributed by atoms with Crippen molar-refractivity contribution in [2.75, 3.05) is 25.4 Å². The standard InChI is InChI=1S/C10H19NO2S/c1-2-11-6-3-4-8-14-9-5-7-13-10(9)12/h9,11H,2-8H2,1H3. The fourth-order valence-electron chi connectivity index (χ4n) is 1.38. The molecule has 1 saturated heterocycles. The molecule has 0 amide bonds. The van der Waals surface area contributed by atoms with Gasteiger partial charge in [0.05, 0.1) is 6.61 Å². The summed E-state index contributed by atoms with van der Waals surface area (Å²) in [7, 11) is 0. The first-order chi connectivity index (χ1) is 6.84. The van der Waals surface area contributed by atoms with Crippen LogP contribution in [0.1, 0.15) is 26.2 Å².